The number of rotatable bonds is 4. The van der Waals surface area contributed by atoms with E-state index in [0.717, 1.165) is 10.0 Å². The third-order valence-corrected chi connectivity index (χ3v) is 5.06. The second kappa shape index (κ2) is 7.33. The van der Waals surface area contributed by atoms with Crippen LogP contribution in [0.4, 0.5) is 5.82 Å². The number of hydrogen-bond donors (Lipinski definition) is 2. The maximum Gasteiger partial charge on any atom is 0.257 e. The molecule has 1 amide bonds. The van der Waals surface area contributed by atoms with E-state index in [4.69, 9.17) is 11.2 Å². The first kappa shape index (κ1) is 17.6. The van der Waals surface area contributed by atoms with Crippen LogP contribution in [0.3, 0.4) is 0 Å². The monoisotopic (exact) mass is 419 g/mol. The number of aromatic amines is 1. The van der Waals surface area contributed by atoms with Crippen molar-refractivity contribution in [3.05, 3.63) is 44.2 Å². The molecule has 0 aliphatic carbocycles. The number of benzene rings is 1. The van der Waals surface area contributed by atoms with Crippen molar-refractivity contribution >= 4 is 39.4 Å². The van der Waals surface area contributed by atoms with Crippen molar-refractivity contribution in [2.24, 2.45) is 0 Å². The van der Waals surface area contributed by atoms with Crippen LogP contribution in [0.1, 0.15) is 23.5 Å². The lowest BCUT2D eigenvalue weighted by molar-refractivity contribution is -0.116. The molecule has 1 atom stereocenters. The third-order valence-electron chi connectivity index (χ3n) is 3.79. The first-order valence-corrected chi connectivity index (χ1v) is 9.15. The molecule has 2 aromatic rings. The van der Waals surface area contributed by atoms with E-state index < -0.39 is 5.92 Å². The minimum atomic E-state index is -0.445. The van der Waals surface area contributed by atoms with Gasteiger partial charge in [-0.3, -0.25) is 9.59 Å². The molecule has 1 aromatic carbocycles. The number of carbonyl (C=O) groups is 1. The van der Waals surface area contributed by atoms with Gasteiger partial charge in [0.05, 0.1) is 18.4 Å². The maximum absolute atomic E-state index is 12.7. The Morgan fingerprint density at radius 1 is 1.48 bits per heavy atom. The van der Waals surface area contributed by atoms with Gasteiger partial charge in [-0.2, -0.15) is 0 Å². The van der Waals surface area contributed by atoms with Crippen LogP contribution in [0.25, 0.3) is 0 Å². The number of methoxy groups -OCH3 is 1. The Hall–Kier alpha value is -2.24. The standard InChI is InChI=1S/C17H14BrN3O3S/c1-3-6-25-17-20-15-14(16(23)21-17)11(8-13(22)19-15)10-7-9(18)4-5-12(10)24-2/h1,4-5,7,11H,6,8H2,2H3,(H2,19,20,21,22,23)/t11-/m0/s1. The fourth-order valence-corrected chi connectivity index (χ4v) is 3.69. The maximum atomic E-state index is 12.7. The van der Waals surface area contributed by atoms with Crippen LogP contribution in [-0.2, 0) is 4.79 Å². The lowest BCUT2D eigenvalue weighted by Crippen LogP contribution is -2.31. The Labute approximate surface area is 156 Å². The molecule has 0 saturated heterocycles. The van der Waals surface area contributed by atoms with Crippen LogP contribution in [0.15, 0.2) is 32.6 Å². The lowest BCUT2D eigenvalue weighted by Gasteiger charge is -2.25. The van der Waals surface area contributed by atoms with Crippen molar-refractivity contribution in [3.63, 3.8) is 0 Å². The molecule has 0 saturated carbocycles. The minimum Gasteiger partial charge on any atom is -0.496 e. The number of hydrogen-bond acceptors (Lipinski definition) is 5. The molecule has 0 bridgehead atoms. The summed E-state index contributed by atoms with van der Waals surface area (Å²) in [7, 11) is 1.55. The van der Waals surface area contributed by atoms with Gasteiger partial charge in [0.25, 0.3) is 5.56 Å². The van der Waals surface area contributed by atoms with E-state index in [2.05, 4.69) is 37.1 Å². The van der Waals surface area contributed by atoms with Gasteiger partial charge in [0.2, 0.25) is 5.91 Å². The van der Waals surface area contributed by atoms with Gasteiger partial charge in [0, 0.05) is 22.4 Å². The summed E-state index contributed by atoms with van der Waals surface area (Å²) in [5, 5.41) is 3.06. The van der Waals surface area contributed by atoms with Crippen molar-refractivity contribution in [1.29, 1.82) is 0 Å². The Bertz CT molecular complexity index is 936. The number of terminal acetylenes is 1. The predicted octanol–water partition coefficient (Wildman–Crippen LogP) is 2.74. The molecule has 25 heavy (non-hydrogen) atoms. The number of aromatic nitrogens is 2. The minimum absolute atomic E-state index is 0.140. The van der Waals surface area contributed by atoms with Crippen LogP contribution < -0.4 is 15.6 Å². The number of ether oxygens (including phenoxy) is 1. The Balaban J connectivity index is 2.14. The number of carbonyl (C=O) groups excluding carboxylic acids is 1. The summed E-state index contributed by atoms with van der Waals surface area (Å²) in [6, 6.07) is 5.49. The number of fused-ring (bicyclic) bond motifs is 1. The highest BCUT2D eigenvalue weighted by atomic mass is 79.9. The van der Waals surface area contributed by atoms with Gasteiger partial charge in [-0.05, 0) is 18.2 Å². The molecule has 3 rings (SSSR count). The average molecular weight is 420 g/mol. The van der Waals surface area contributed by atoms with Crippen molar-refractivity contribution in [1.82, 2.24) is 9.97 Å². The summed E-state index contributed by atoms with van der Waals surface area (Å²) < 4.78 is 6.24. The summed E-state index contributed by atoms with van der Waals surface area (Å²) in [4.78, 5) is 31.9. The average Bonchev–Trinajstić information content (AvgIpc) is 2.58. The fourth-order valence-electron chi connectivity index (χ4n) is 2.77. The molecule has 2 N–H and O–H groups in total. The first-order valence-electron chi connectivity index (χ1n) is 7.37. The zero-order chi connectivity index (χ0) is 18.0. The van der Waals surface area contributed by atoms with Gasteiger partial charge in [-0.25, -0.2) is 4.98 Å². The lowest BCUT2D eigenvalue weighted by atomic mass is 9.86. The van der Waals surface area contributed by atoms with E-state index in [1.807, 2.05) is 12.1 Å². The molecule has 128 valence electrons. The normalized spacial score (nSPS) is 15.9. The Morgan fingerprint density at radius 2 is 2.28 bits per heavy atom. The molecule has 0 fully saturated rings. The number of halogens is 1. The molecule has 0 radical (unpaired) electrons. The largest absolute Gasteiger partial charge is 0.496 e. The van der Waals surface area contributed by atoms with E-state index >= 15 is 0 Å². The molecule has 1 aliphatic heterocycles. The van der Waals surface area contributed by atoms with Crippen molar-refractivity contribution < 1.29 is 9.53 Å². The van der Waals surface area contributed by atoms with Crippen LogP contribution in [0.2, 0.25) is 0 Å². The summed E-state index contributed by atoms with van der Waals surface area (Å²) in [5.41, 5.74) is 0.877. The summed E-state index contributed by atoms with van der Waals surface area (Å²) in [6.07, 6.45) is 5.38. The van der Waals surface area contributed by atoms with Gasteiger partial charge in [0.1, 0.15) is 11.6 Å². The highest BCUT2D eigenvalue weighted by Crippen LogP contribution is 2.39. The van der Waals surface area contributed by atoms with Crippen molar-refractivity contribution in [2.45, 2.75) is 17.5 Å². The van der Waals surface area contributed by atoms with Crippen LogP contribution in [-0.4, -0.2) is 28.7 Å². The molecule has 2 heterocycles. The summed E-state index contributed by atoms with van der Waals surface area (Å²) in [5.74, 6) is 3.08. The molecular formula is C17H14BrN3O3S. The van der Waals surface area contributed by atoms with Gasteiger partial charge in [0.15, 0.2) is 5.16 Å². The van der Waals surface area contributed by atoms with Crippen LogP contribution >= 0.6 is 27.7 Å². The van der Waals surface area contributed by atoms with Gasteiger partial charge >= 0.3 is 0 Å². The number of amides is 1. The number of H-pyrrole nitrogens is 1. The van der Waals surface area contributed by atoms with Gasteiger partial charge in [-0.15, -0.1) is 6.42 Å². The second-order valence-corrected chi connectivity index (χ2v) is 7.20. The molecule has 1 aromatic heterocycles. The van der Waals surface area contributed by atoms with Crippen LogP contribution in [0, 0.1) is 12.3 Å². The molecule has 6 nitrogen and oxygen atoms in total. The van der Waals surface area contributed by atoms with Crippen molar-refractivity contribution in [2.75, 3.05) is 18.2 Å². The van der Waals surface area contributed by atoms with E-state index in [1.165, 1.54) is 11.8 Å². The van der Waals surface area contributed by atoms with Crippen LogP contribution in [0.5, 0.6) is 5.75 Å². The smallest absolute Gasteiger partial charge is 0.257 e. The fraction of sp³-hybridized carbons (Fsp3) is 0.235. The summed E-state index contributed by atoms with van der Waals surface area (Å²) in [6.45, 7) is 0. The molecule has 8 heteroatoms. The predicted molar refractivity (Wildman–Crippen MR) is 100 cm³/mol. The number of nitrogens with zero attached hydrogens (tertiary/aromatic N) is 1. The highest BCUT2D eigenvalue weighted by molar-refractivity contribution is 9.10. The van der Waals surface area contributed by atoms with E-state index in [9.17, 15) is 9.59 Å². The number of anilines is 1. The molecule has 0 spiro atoms. The topological polar surface area (TPSA) is 84.1 Å². The molecule has 1 aliphatic rings. The SMILES string of the molecule is C#CCSc1nc2c(c(=O)[nH]1)[C@H](c1cc(Br)ccc1OC)CC(=O)N2. The second-order valence-electron chi connectivity index (χ2n) is 5.32. The van der Waals surface area contributed by atoms with E-state index in [0.29, 0.717) is 22.2 Å². The zero-order valence-corrected chi connectivity index (χ0v) is 15.7. The Kier molecular flexibility index (Phi) is 5.16. The molecule has 0 unspecified atom stereocenters. The zero-order valence-electron chi connectivity index (χ0n) is 13.3. The highest BCUT2D eigenvalue weighted by Gasteiger charge is 2.32. The van der Waals surface area contributed by atoms with Crippen molar-refractivity contribution in [3.8, 4) is 18.1 Å². The number of nitrogens with one attached hydrogen (secondary N) is 2. The molecular weight excluding hydrogens is 406 g/mol. The van der Waals surface area contributed by atoms with E-state index in [-0.39, 0.29) is 23.7 Å². The summed E-state index contributed by atoms with van der Waals surface area (Å²) >= 11 is 4.66. The number of thioether (sulfide) groups is 1. The Morgan fingerprint density at radius 3 is 3.00 bits per heavy atom. The third kappa shape index (κ3) is 3.57. The first-order chi connectivity index (χ1) is 12.0. The van der Waals surface area contributed by atoms with Gasteiger partial charge < -0.3 is 15.0 Å². The van der Waals surface area contributed by atoms with E-state index in [1.54, 1.807) is 13.2 Å². The quantitative estimate of drug-likeness (QED) is 0.452. The van der Waals surface area contributed by atoms with Gasteiger partial charge in [-0.1, -0.05) is 33.6 Å².